The van der Waals surface area contributed by atoms with Gasteiger partial charge in [-0.2, -0.15) is 0 Å². The summed E-state index contributed by atoms with van der Waals surface area (Å²) in [5, 5.41) is 4.28. The molecule has 294 valence electrons. The molecule has 3 aromatic heterocycles. The Bertz CT molecular complexity index is 3460. The van der Waals surface area contributed by atoms with E-state index in [4.69, 9.17) is 23.8 Å². The van der Waals surface area contributed by atoms with Crippen molar-refractivity contribution in [1.82, 2.24) is 15.0 Å². The van der Waals surface area contributed by atoms with Crippen molar-refractivity contribution < 1.29 is 8.83 Å². The molecular formula is C57H39N3O2. The molecule has 0 saturated heterocycles. The molecule has 5 heteroatoms. The van der Waals surface area contributed by atoms with Crippen LogP contribution >= 0.6 is 0 Å². The lowest BCUT2D eigenvalue weighted by Gasteiger charge is -2.36. The van der Waals surface area contributed by atoms with E-state index in [0.717, 1.165) is 71.7 Å². The van der Waals surface area contributed by atoms with E-state index >= 15 is 0 Å². The van der Waals surface area contributed by atoms with Crippen LogP contribution < -0.4 is 0 Å². The number of benzene rings is 8. The van der Waals surface area contributed by atoms with Crippen molar-refractivity contribution in [3.8, 4) is 67.5 Å². The second kappa shape index (κ2) is 13.7. The number of rotatable bonds is 5. The summed E-state index contributed by atoms with van der Waals surface area (Å²) in [6, 6.07) is 62.5. The lowest BCUT2D eigenvalue weighted by Crippen LogP contribution is -2.27. The molecule has 3 heterocycles. The van der Waals surface area contributed by atoms with Crippen LogP contribution in [0.15, 0.2) is 185 Å². The quantitative estimate of drug-likeness (QED) is 0.174. The van der Waals surface area contributed by atoms with Crippen molar-refractivity contribution in [2.45, 2.75) is 37.5 Å². The Morgan fingerprint density at radius 2 is 0.774 bits per heavy atom. The number of aromatic nitrogens is 3. The van der Waals surface area contributed by atoms with Crippen molar-refractivity contribution in [1.29, 1.82) is 0 Å². The molecule has 1 saturated carbocycles. The van der Waals surface area contributed by atoms with E-state index in [1.54, 1.807) is 0 Å². The maximum atomic E-state index is 6.31. The van der Waals surface area contributed by atoms with E-state index in [1.165, 1.54) is 65.5 Å². The number of fused-ring (bicyclic) bond motifs is 11. The minimum absolute atomic E-state index is 0.153. The summed E-state index contributed by atoms with van der Waals surface area (Å²) in [7, 11) is 0. The fourth-order valence-corrected chi connectivity index (χ4v) is 10.5. The fourth-order valence-electron chi connectivity index (χ4n) is 10.5. The predicted molar refractivity (Wildman–Crippen MR) is 251 cm³/mol. The van der Waals surface area contributed by atoms with E-state index < -0.39 is 0 Å². The normalized spacial score (nSPS) is 14.3. The number of furan rings is 2. The molecule has 0 radical (unpaired) electrons. The molecule has 2 aliphatic rings. The van der Waals surface area contributed by atoms with Crippen molar-refractivity contribution in [3.05, 3.63) is 187 Å². The first kappa shape index (κ1) is 35.2. The standard InChI is InChI=1S/C57H39N3O2/c1-8-28-57(29-9-1)48-19-5-2-16-42(48)47-32-38(24-27-49(47)57)36-13-10-12-35(30-36)37-14-11-15-39(31-37)54-58-55(40-22-25-45-43-17-3-6-20-50(43)61-52(45)33-40)60-56(59-54)41-23-26-46-44-18-4-7-21-51(44)62-53(46)34-41/h2-7,10-27,30-34H,1,8-9,28-29H2. The molecule has 5 nitrogen and oxygen atoms in total. The van der Waals surface area contributed by atoms with Gasteiger partial charge < -0.3 is 8.83 Å². The highest BCUT2D eigenvalue weighted by atomic mass is 16.3. The van der Waals surface area contributed by atoms with E-state index in [9.17, 15) is 0 Å². The zero-order valence-corrected chi connectivity index (χ0v) is 33.9. The monoisotopic (exact) mass is 797 g/mol. The van der Waals surface area contributed by atoms with Gasteiger partial charge in [0.05, 0.1) is 0 Å². The summed E-state index contributed by atoms with van der Waals surface area (Å²) in [4.78, 5) is 15.4. The van der Waals surface area contributed by atoms with Gasteiger partial charge in [-0.3, -0.25) is 0 Å². The van der Waals surface area contributed by atoms with Gasteiger partial charge in [0.1, 0.15) is 22.3 Å². The van der Waals surface area contributed by atoms with Crippen molar-refractivity contribution >= 4 is 43.9 Å². The van der Waals surface area contributed by atoms with Gasteiger partial charge in [0.2, 0.25) is 0 Å². The van der Waals surface area contributed by atoms with Crippen LogP contribution in [0.3, 0.4) is 0 Å². The molecule has 2 aliphatic carbocycles. The smallest absolute Gasteiger partial charge is 0.164 e. The summed E-state index contributed by atoms with van der Waals surface area (Å²) in [5.41, 5.74) is 16.5. The average molecular weight is 798 g/mol. The van der Waals surface area contributed by atoms with Gasteiger partial charge in [0, 0.05) is 43.7 Å². The maximum Gasteiger partial charge on any atom is 0.164 e. The first-order valence-electron chi connectivity index (χ1n) is 21.7. The van der Waals surface area contributed by atoms with E-state index in [2.05, 4.69) is 127 Å². The third kappa shape index (κ3) is 5.51. The Hall–Kier alpha value is -7.63. The first-order valence-corrected chi connectivity index (χ1v) is 21.7. The van der Waals surface area contributed by atoms with Crippen LogP contribution in [-0.2, 0) is 5.41 Å². The van der Waals surface area contributed by atoms with E-state index in [0.29, 0.717) is 17.5 Å². The molecule has 8 aromatic carbocycles. The van der Waals surface area contributed by atoms with Crippen LogP contribution in [0.2, 0.25) is 0 Å². The molecule has 13 rings (SSSR count). The molecular weight excluding hydrogens is 759 g/mol. The van der Waals surface area contributed by atoms with Crippen LogP contribution in [0.5, 0.6) is 0 Å². The van der Waals surface area contributed by atoms with Gasteiger partial charge in [-0.15, -0.1) is 0 Å². The molecule has 1 spiro atoms. The van der Waals surface area contributed by atoms with Crippen molar-refractivity contribution in [2.75, 3.05) is 0 Å². The van der Waals surface area contributed by atoms with Crippen molar-refractivity contribution in [3.63, 3.8) is 0 Å². The second-order valence-corrected chi connectivity index (χ2v) is 17.0. The fraction of sp³-hybridized carbons (Fsp3) is 0.105. The average Bonchev–Trinajstić information content (AvgIpc) is 3.99. The third-order valence-corrected chi connectivity index (χ3v) is 13.5. The second-order valence-electron chi connectivity index (χ2n) is 17.0. The predicted octanol–water partition coefficient (Wildman–Crippen LogP) is 15.2. The SMILES string of the molecule is c1cc(-c2cccc(-c3nc(-c4ccc5c(c4)oc4ccccc45)nc(-c4ccc5c(c4)oc4ccccc45)n3)c2)cc(-c2ccc3c(c2)-c2ccccc2C32CCCCC2)c1. The van der Waals surface area contributed by atoms with Crippen LogP contribution in [-0.4, -0.2) is 15.0 Å². The Balaban J connectivity index is 0.908. The molecule has 1 fully saturated rings. The molecule has 0 unspecified atom stereocenters. The summed E-state index contributed by atoms with van der Waals surface area (Å²) >= 11 is 0. The zero-order valence-electron chi connectivity index (χ0n) is 33.9. The summed E-state index contributed by atoms with van der Waals surface area (Å²) < 4.78 is 12.6. The number of para-hydroxylation sites is 2. The lowest BCUT2D eigenvalue weighted by molar-refractivity contribution is 0.353. The molecule has 62 heavy (non-hydrogen) atoms. The Labute approximate surface area is 358 Å². The van der Waals surface area contributed by atoms with Gasteiger partial charge in [-0.25, -0.2) is 15.0 Å². The molecule has 0 atom stereocenters. The van der Waals surface area contributed by atoms with Crippen LogP contribution in [0.4, 0.5) is 0 Å². The van der Waals surface area contributed by atoms with Gasteiger partial charge in [0.15, 0.2) is 17.5 Å². The van der Waals surface area contributed by atoms with Crippen LogP contribution in [0, 0.1) is 0 Å². The molecule has 0 N–H and O–H groups in total. The van der Waals surface area contributed by atoms with Crippen LogP contribution in [0.25, 0.3) is 111 Å². The zero-order chi connectivity index (χ0) is 40.8. The maximum absolute atomic E-state index is 6.31. The minimum Gasteiger partial charge on any atom is -0.456 e. The molecule has 11 aromatic rings. The van der Waals surface area contributed by atoms with Gasteiger partial charge in [0.25, 0.3) is 0 Å². The molecule has 0 bridgehead atoms. The summed E-state index contributed by atoms with van der Waals surface area (Å²) in [6.45, 7) is 0. The first-order chi connectivity index (χ1) is 30.6. The summed E-state index contributed by atoms with van der Waals surface area (Å²) in [6.07, 6.45) is 6.39. The number of nitrogens with zero attached hydrogens (tertiary/aromatic N) is 3. The highest BCUT2D eigenvalue weighted by Gasteiger charge is 2.43. The largest absolute Gasteiger partial charge is 0.456 e. The number of hydrogen-bond acceptors (Lipinski definition) is 5. The minimum atomic E-state index is 0.153. The number of hydrogen-bond donors (Lipinski definition) is 0. The Morgan fingerprint density at radius 3 is 1.39 bits per heavy atom. The highest BCUT2D eigenvalue weighted by molar-refractivity contribution is 6.07. The van der Waals surface area contributed by atoms with Gasteiger partial charge in [-0.1, -0.05) is 141 Å². The molecule has 0 amide bonds. The Kier molecular flexibility index (Phi) is 7.77. The van der Waals surface area contributed by atoms with Crippen molar-refractivity contribution in [2.24, 2.45) is 0 Å². The van der Waals surface area contributed by atoms with Gasteiger partial charge >= 0.3 is 0 Å². The third-order valence-electron chi connectivity index (χ3n) is 13.5. The van der Waals surface area contributed by atoms with E-state index in [-0.39, 0.29) is 5.41 Å². The summed E-state index contributed by atoms with van der Waals surface area (Å²) in [5.74, 6) is 1.72. The van der Waals surface area contributed by atoms with Gasteiger partial charge in [-0.05, 0) is 112 Å². The van der Waals surface area contributed by atoms with Crippen LogP contribution in [0.1, 0.15) is 43.2 Å². The molecule has 0 aliphatic heterocycles. The topological polar surface area (TPSA) is 65.0 Å². The lowest BCUT2D eigenvalue weighted by atomic mass is 9.68. The highest BCUT2D eigenvalue weighted by Crippen LogP contribution is 2.56. The van der Waals surface area contributed by atoms with E-state index in [1.807, 2.05) is 48.5 Å². The Morgan fingerprint density at radius 1 is 0.323 bits per heavy atom.